The number of carbonyl (C=O) groups excluding carboxylic acids is 1. The fourth-order valence-corrected chi connectivity index (χ4v) is 2.51. The first kappa shape index (κ1) is 15.1. The Kier molecular flexibility index (Phi) is 3.79. The van der Waals surface area contributed by atoms with Gasteiger partial charge in [-0.3, -0.25) is 14.8 Å². The van der Waals surface area contributed by atoms with Crippen molar-refractivity contribution in [2.24, 2.45) is 0 Å². The number of halogens is 1. The molecule has 0 bridgehead atoms. The molecule has 0 aliphatic carbocycles. The Balaban J connectivity index is 2.22. The summed E-state index contributed by atoms with van der Waals surface area (Å²) in [4.78, 5) is 20.5. The molecule has 0 saturated carbocycles. The molecule has 3 rings (SSSR count). The predicted octanol–water partition coefficient (Wildman–Crippen LogP) is 1.94. The fraction of sp³-hybridized carbons (Fsp3) is 0.188. The normalized spacial score (nSPS) is 12.5. The average molecular weight is 314 g/mol. The van der Waals surface area contributed by atoms with Crippen molar-refractivity contribution in [2.45, 2.75) is 13.0 Å². The lowest BCUT2D eigenvalue weighted by Gasteiger charge is -2.11. The van der Waals surface area contributed by atoms with E-state index in [2.05, 4.69) is 9.97 Å². The second kappa shape index (κ2) is 5.77. The number of pyridine rings is 2. The van der Waals surface area contributed by atoms with E-state index in [4.69, 9.17) is 5.73 Å². The fourth-order valence-electron chi connectivity index (χ4n) is 2.51. The van der Waals surface area contributed by atoms with Crippen molar-refractivity contribution < 1.29 is 14.3 Å². The lowest BCUT2D eigenvalue weighted by molar-refractivity contribution is 0.103. The van der Waals surface area contributed by atoms with Crippen LogP contribution in [0.25, 0.3) is 10.9 Å². The summed E-state index contributed by atoms with van der Waals surface area (Å²) in [5.74, 6) is -0.876. The smallest absolute Gasteiger partial charge is 0.196 e. The standard InChI is InChI=1S/C16H15FN4O2/c1-9(8-22)21-7-13(12-5-20-6-14(17)15(12)21)16(23)10-2-11(18)4-19-3-10/h2-7,9,22H,8,18H2,1H3. The minimum Gasteiger partial charge on any atom is -0.397 e. The second-order valence-electron chi connectivity index (χ2n) is 5.34. The number of nitrogens with zero attached hydrogens (tertiary/aromatic N) is 3. The molecule has 0 aliphatic heterocycles. The summed E-state index contributed by atoms with van der Waals surface area (Å²) in [6.07, 6.45) is 6.90. The van der Waals surface area contributed by atoms with Crippen LogP contribution in [0.1, 0.15) is 28.9 Å². The monoisotopic (exact) mass is 314 g/mol. The van der Waals surface area contributed by atoms with Gasteiger partial charge in [-0.25, -0.2) is 4.39 Å². The number of ketones is 1. The van der Waals surface area contributed by atoms with Crippen molar-refractivity contribution >= 4 is 22.4 Å². The predicted molar refractivity (Wildman–Crippen MR) is 83.6 cm³/mol. The van der Waals surface area contributed by atoms with Crippen LogP contribution < -0.4 is 5.73 Å². The zero-order valence-corrected chi connectivity index (χ0v) is 12.4. The second-order valence-corrected chi connectivity index (χ2v) is 5.34. The van der Waals surface area contributed by atoms with Gasteiger partial charge in [-0.2, -0.15) is 0 Å². The van der Waals surface area contributed by atoms with E-state index in [9.17, 15) is 14.3 Å². The molecule has 0 spiro atoms. The van der Waals surface area contributed by atoms with E-state index in [1.54, 1.807) is 11.5 Å². The molecule has 3 N–H and O–H groups in total. The molecule has 0 saturated heterocycles. The Morgan fingerprint density at radius 2 is 2.09 bits per heavy atom. The van der Waals surface area contributed by atoms with Gasteiger partial charge in [-0.15, -0.1) is 0 Å². The summed E-state index contributed by atoms with van der Waals surface area (Å²) in [6.45, 7) is 1.55. The van der Waals surface area contributed by atoms with E-state index in [0.29, 0.717) is 22.2 Å². The van der Waals surface area contributed by atoms with E-state index >= 15 is 0 Å². The van der Waals surface area contributed by atoms with Gasteiger partial charge in [0.2, 0.25) is 0 Å². The number of fused-ring (bicyclic) bond motifs is 1. The number of rotatable bonds is 4. The number of aromatic nitrogens is 3. The molecule has 3 heterocycles. The molecule has 0 aliphatic rings. The summed E-state index contributed by atoms with van der Waals surface area (Å²) in [5.41, 5.74) is 6.87. The number of nitrogen functional groups attached to an aromatic ring is 1. The first-order chi connectivity index (χ1) is 11.0. The number of nitrogens with two attached hydrogens (primary N) is 1. The maximum Gasteiger partial charge on any atom is 0.196 e. The molecular formula is C16H15FN4O2. The van der Waals surface area contributed by atoms with Gasteiger partial charge in [0, 0.05) is 41.3 Å². The van der Waals surface area contributed by atoms with Gasteiger partial charge >= 0.3 is 0 Å². The highest BCUT2D eigenvalue weighted by molar-refractivity contribution is 6.16. The van der Waals surface area contributed by atoms with Gasteiger partial charge in [-0.1, -0.05) is 0 Å². The molecule has 0 fully saturated rings. The van der Waals surface area contributed by atoms with Crippen LogP contribution in [0.2, 0.25) is 0 Å². The highest BCUT2D eigenvalue weighted by Crippen LogP contribution is 2.28. The van der Waals surface area contributed by atoms with E-state index in [1.807, 2.05) is 0 Å². The van der Waals surface area contributed by atoms with Crippen LogP contribution in [0.3, 0.4) is 0 Å². The highest BCUT2D eigenvalue weighted by Gasteiger charge is 2.21. The van der Waals surface area contributed by atoms with Gasteiger partial charge in [0.25, 0.3) is 0 Å². The molecular weight excluding hydrogens is 299 g/mol. The number of hydrogen-bond donors (Lipinski definition) is 2. The number of anilines is 1. The minimum atomic E-state index is -0.549. The van der Waals surface area contributed by atoms with Crippen molar-refractivity contribution in [1.82, 2.24) is 14.5 Å². The first-order valence-corrected chi connectivity index (χ1v) is 7.03. The largest absolute Gasteiger partial charge is 0.397 e. The Bertz CT molecular complexity index is 891. The van der Waals surface area contributed by atoms with Crippen LogP contribution in [0.5, 0.6) is 0 Å². The van der Waals surface area contributed by atoms with Crippen LogP contribution >= 0.6 is 0 Å². The highest BCUT2D eigenvalue weighted by atomic mass is 19.1. The third-order valence-electron chi connectivity index (χ3n) is 3.69. The van der Waals surface area contributed by atoms with Crippen LogP contribution in [0.15, 0.2) is 37.1 Å². The SMILES string of the molecule is CC(CO)n1cc(C(=O)c2cncc(N)c2)c2cncc(F)c21. The molecule has 3 aromatic heterocycles. The molecule has 1 atom stereocenters. The summed E-state index contributed by atoms with van der Waals surface area (Å²) in [6, 6.07) is 1.13. The molecule has 3 aromatic rings. The summed E-state index contributed by atoms with van der Waals surface area (Å²) in [7, 11) is 0. The minimum absolute atomic E-state index is 0.182. The molecule has 6 nitrogen and oxygen atoms in total. The van der Waals surface area contributed by atoms with Crippen molar-refractivity contribution in [3.8, 4) is 0 Å². The third-order valence-corrected chi connectivity index (χ3v) is 3.69. The number of aliphatic hydroxyl groups excluding tert-OH is 1. The van der Waals surface area contributed by atoms with Gasteiger partial charge in [0.15, 0.2) is 11.6 Å². The molecule has 7 heteroatoms. The number of carbonyl (C=O) groups is 1. The molecule has 0 radical (unpaired) electrons. The summed E-state index contributed by atoms with van der Waals surface area (Å²) < 4.78 is 15.7. The average Bonchev–Trinajstić information content (AvgIpc) is 2.94. The topological polar surface area (TPSA) is 94.0 Å². The van der Waals surface area contributed by atoms with E-state index in [-0.39, 0.29) is 23.9 Å². The van der Waals surface area contributed by atoms with Crippen LogP contribution in [0.4, 0.5) is 10.1 Å². The Labute approximate surface area is 131 Å². The van der Waals surface area contributed by atoms with Gasteiger partial charge < -0.3 is 15.4 Å². The molecule has 1 unspecified atom stereocenters. The van der Waals surface area contributed by atoms with Crippen LogP contribution in [0, 0.1) is 5.82 Å². The quantitative estimate of drug-likeness (QED) is 0.718. The molecule has 0 amide bonds. The van der Waals surface area contributed by atoms with Gasteiger partial charge in [0.1, 0.15) is 0 Å². The van der Waals surface area contributed by atoms with Crippen LogP contribution in [-0.2, 0) is 0 Å². The van der Waals surface area contributed by atoms with Gasteiger partial charge in [-0.05, 0) is 13.0 Å². The first-order valence-electron chi connectivity index (χ1n) is 7.03. The molecule has 118 valence electrons. The number of aliphatic hydroxyl groups is 1. The van der Waals surface area contributed by atoms with E-state index in [0.717, 1.165) is 6.20 Å². The van der Waals surface area contributed by atoms with Crippen molar-refractivity contribution in [3.63, 3.8) is 0 Å². The third kappa shape index (κ3) is 2.55. The van der Waals surface area contributed by atoms with E-state index < -0.39 is 5.82 Å². The lowest BCUT2D eigenvalue weighted by atomic mass is 10.1. The molecule has 0 aromatic carbocycles. The van der Waals surface area contributed by atoms with Gasteiger partial charge in [0.05, 0.1) is 30.0 Å². The Hall–Kier alpha value is -2.80. The van der Waals surface area contributed by atoms with Crippen LogP contribution in [-0.4, -0.2) is 32.0 Å². The van der Waals surface area contributed by atoms with E-state index in [1.165, 1.54) is 30.9 Å². The lowest BCUT2D eigenvalue weighted by Crippen LogP contribution is -2.09. The maximum absolute atomic E-state index is 14.2. The maximum atomic E-state index is 14.2. The summed E-state index contributed by atoms with van der Waals surface area (Å²) >= 11 is 0. The van der Waals surface area contributed by atoms with Crippen molar-refractivity contribution in [3.05, 3.63) is 54.0 Å². The number of hydrogen-bond acceptors (Lipinski definition) is 5. The Morgan fingerprint density at radius 3 is 2.78 bits per heavy atom. The Morgan fingerprint density at radius 1 is 1.35 bits per heavy atom. The summed E-state index contributed by atoms with van der Waals surface area (Å²) in [5, 5.41) is 9.76. The zero-order valence-electron chi connectivity index (χ0n) is 12.4. The zero-order chi connectivity index (χ0) is 16.6. The van der Waals surface area contributed by atoms with Crippen molar-refractivity contribution in [1.29, 1.82) is 0 Å². The molecule has 23 heavy (non-hydrogen) atoms. The van der Waals surface area contributed by atoms with Crippen molar-refractivity contribution in [2.75, 3.05) is 12.3 Å².